The van der Waals surface area contributed by atoms with E-state index in [2.05, 4.69) is 15.5 Å². The van der Waals surface area contributed by atoms with Crippen LogP contribution >= 0.6 is 23.4 Å². The Balaban J connectivity index is 1.74. The molecule has 0 radical (unpaired) electrons. The smallest absolute Gasteiger partial charge is 0.256 e. The Labute approximate surface area is 148 Å². The predicted molar refractivity (Wildman–Crippen MR) is 94.4 cm³/mol. The molecular weight excluding hydrogens is 346 g/mol. The molecule has 1 heterocycles. The minimum absolute atomic E-state index is 0.190. The van der Waals surface area contributed by atoms with E-state index in [0.29, 0.717) is 33.7 Å². The fourth-order valence-corrected chi connectivity index (χ4v) is 3.17. The fourth-order valence-electron chi connectivity index (χ4n) is 2.09. The van der Waals surface area contributed by atoms with Gasteiger partial charge in [-0.3, -0.25) is 4.79 Å². The Morgan fingerprint density at radius 3 is 2.83 bits per heavy atom. The van der Waals surface area contributed by atoms with Crippen LogP contribution in [0.3, 0.4) is 0 Å². The van der Waals surface area contributed by atoms with Gasteiger partial charge in [-0.1, -0.05) is 35.0 Å². The molecule has 1 N–H and O–H groups in total. The van der Waals surface area contributed by atoms with Crippen LogP contribution in [-0.2, 0) is 5.75 Å². The molecule has 0 aliphatic heterocycles. The summed E-state index contributed by atoms with van der Waals surface area (Å²) in [5, 5.41) is 7.29. The maximum atomic E-state index is 12.5. The highest BCUT2D eigenvalue weighted by atomic mass is 35.5. The number of rotatable bonds is 5. The second-order valence-corrected chi connectivity index (χ2v) is 6.43. The number of thioether (sulfide) groups is 1. The minimum Gasteiger partial charge on any atom is -0.340 e. The molecule has 1 amide bonds. The molecule has 0 bridgehead atoms. The molecule has 0 spiro atoms. The first-order chi connectivity index (χ1) is 11.6. The van der Waals surface area contributed by atoms with Crippen LogP contribution in [0, 0.1) is 6.92 Å². The summed E-state index contributed by atoms with van der Waals surface area (Å²) in [4.78, 5) is 17.6. The molecule has 3 rings (SSSR count). The molecule has 1 aromatic heterocycles. The Bertz CT molecular complexity index is 866. The molecular formula is C17H14ClN3O2S. The zero-order chi connectivity index (χ0) is 16.9. The number of aromatic nitrogens is 2. The number of amides is 1. The normalized spacial score (nSPS) is 10.6. The lowest BCUT2D eigenvalue weighted by Gasteiger charge is -2.09. The van der Waals surface area contributed by atoms with Crippen molar-refractivity contribution in [3.8, 4) is 0 Å². The minimum atomic E-state index is -0.190. The Morgan fingerprint density at radius 1 is 1.25 bits per heavy atom. The van der Waals surface area contributed by atoms with Gasteiger partial charge in [0.1, 0.15) is 0 Å². The molecule has 0 aliphatic carbocycles. The lowest BCUT2D eigenvalue weighted by molar-refractivity contribution is 0.102. The van der Waals surface area contributed by atoms with Crippen molar-refractivity contribution < 1.29 is 9.32 Å². The van der Waals surface area contributed by atoms with E-state index in [0.717, 1.165) is 4.90 Å². The maximum Gasteiger partial charge on any atom is 0.256 e. The molecule has 7 heteroatoms. The largest absolute Gasteiger partial charge is 0.340 e. The van der Waals surface area contributed by atoms with Crippen molar-refractivity contribution >= 4 is 35.0 Å². The van der Waals surface area contributed by atoms with Crippen LogP contribution < -0.4 is 5.32 Å². The van der Waals surface area contributed by atoms with E-state index >= 15 is 0 Å². The Kier molecular flexibility index (Phi) is 5.17. The zero-order valence-electron chi connectivity index (χ0n) is 12.8. The van der Waals surface area contributed by atoms with Gasteiger partial charge < -0.3 is 9.84 Å². The van der Waals surface area contributed by atoms with E-state index < -0.39 is 0 Å². The average molecular weight is 360 g/mol. The van der Waals surface area contributed by atoms with Crippen molar-refractivity contribution in [2.75, 3.05) is 5.32 Å². The topological polar surface area (TPSA) is 68.0 Å². The molecule has 0 saturated carbocycles. The maximum absolute atomic E-state index is 12.5. The molecule has 5 nitrogen and oxygen atoms in total. The van der Waals surface area contributed by atoms with Gasteiger partial charge in [0.05, 0.1) is 11.3 Å². The molecule has 0 atom stereocenters. The van der Waals surface area contributed by atoms with E-state index in [-0.39, 0.29) is 5.91 Å². The van der Waals surface area contributed by atoms with Gasteiger partial charge in [-0.05, 0) is 30.3 Å². The quantitative estimate of drug-likeness (QED) is 0.675. The SMILES string of the molecule is Cc1nc(CSc2ccccc2C(=O)Nc2cccc(Cl)c2)no1. The van der Waals surface area contributed by atoms with Crippen LogP contribution in [0.15, 0.2) is 57.9 Å². The van der Waals surface area contributed by atoms with Gasteiger partial charge in [0, 0.05) is 22.5 Å². The summed E-state index contributed by atoms with van der Waals surface area (Å²) in [7, 11) is 0. The van der Waals surface area contributed by atoms with Crippen molar-refractivity contribution in [3.05, 3.63) is 70.8 Å². The number of nitrogens with one attached hydrogen (secondary N) is 1. The summed E-state index contributed by atoms with van der Waals surface area (Å²) in [5.41, 5.74) is 1.24. The van der Waals surface area contributed by atoms with Crippen molar-refractivity contribution in [2.24, 2.45) is 0 Å². The molecule has 0 saturated heterocycles. The summed E-state index contributed by atoms with van der Waals surface area (Å²) in [6.45, 7) is 1.74. The lowest BCUT2D eigenvalue weighted by Crippen LogP contribution is -2.12. The summed E-state index contributed by atoms with van der Waals surface area (Å²) >= 11 is 7.43. The van der Waals surface area contributed by atoms with Crippen LogP contribution in [0.1, 0.15) is 22.1 Å². The monoisotopic (exact) mass is 359 g/mol. The van der Waals surface area contributed by atoms with Gasteiger partial charge in [0.15, 0.2) is 5.82 Å². The van der Waals surface area contributed by atoms with Crippen LogP contribution in [-0.4, -0.2) is 16.0 Å². The molecule has 24 heavy (non-hydrogen) atoms. The third kappa shape index (κ3) is 4.15. The van der Waals surface area contributed by atoms with Crippen molar-refractivity contribution in [1.29, 1.82) is 0 Å². The zero-order valence-corrected chi connectivity index (χ0v) is 14.4. The third-order valence-corrected chi connectivity index (χ3v) is 4.45. The second kappa shape index (κ2) is 7.51. The molecule has 0 unspecified atom stereocenters. The summed E-state index contributed by atoms with van der Waals surface area (Å²) < 4.78 is 4.95. The molecule has 3 aromatic rings. The number of aryl methyl sites for hydroxylation is 1. The molecule has 2 aromatic carbocycles. The van der Waals surface area contributed by atoms with E-state index in [9.17, 15) is 4.79 Å². The van der Waals surface area contributed by atoms with Gasteiger partial charge in [0.25, 0.3) is 5.91 Å². The number of halogens is 1. The Hall–Kier alpha value is -2.31. The third-order valence-electron chi connectivity index (χ3n) is 3.14. The standard InChI is InChI=1S/C17H14ClN3O2S/c1-11-19-16(21-23-11)10-24-15-8-3-2-7-14(15)17(22)20-13-6-4-5-12(18)9-13/h2-9H,10H2,1H3,(H,20,22). The fraction of sp³-hybridized carbons (Fsp3) is 0.118. The summed E-state index contributed by atoms with van der Waals surface area (Å²) in [5.74, 6) is 1.46. The second-order valence-electron chi connectivity index (χ2n) is 4.98. The van der Waals surface area contributed by atoms with Crippen molar-refractivity contribution in [1.82, 2.24) is 10.1 Å². The van der Waals surface area contributed by atoms with E-state index in [4.69, 9.17) is 16.1 Å². The van der Waals surface area contributed by atoms with Gasteiger partial charge in [-0.2, -0.15) is 4.98 Å². The van der Waals surface area contributed by atoms with Crippen LogP contribution in [0.4, 0.5) is 5.69 Å². The number of hydrogen-bond acceptors (Lipinski definition) is 5. The molecule has 0 aliphatic rings. The number of anilines is 1. The summed E-state index contributed by atoms with van der Waals surface area (Å²) in [6.07, 6.45) is 0. The Morgan fingerprint density at radius 2 is 2.08 bits per heavy atom. The van der Waals surface area contributed by atoms with Crippen LogP contribution in [0.25, 0.3) is 0 Å². The number of hydrogen-bond donors (Lipinski definition) is 1. The van der Waals surface area contributed by atoms with Gasteiger partial charge in [-0.25, -0.2) is 0 Å². The van der Waals surface area contributed by atoms with E-state index in [1.54, 1.807) is 37.3 Å². The van der Waals surface area contributed by atoms with Crippen LogP contribution in [0.5, 0.6) is 0 Å². The van der Waals surface area contributed by atoms with Crippen LogP contribution in [0.2, 0.25) is 5.02 Å². The highest BCUT2D eigenvalue weighted by Gasteiger charge is 2.13. The summed E-state index contributed by atoms with van der Waals surface area (Å²) in [6, 6.07) is 14.4. The molecule has 0 fully saturated rings. The van der Waals surface area contributed by atoms with Crippen molar-refractivity contribution in [2.45, 2.75) is 17.6 Å². The van der Waals surface area contributed by atoms with E-state index in [1.165, 1.54) is 11.8 Å². The molecule has 122 valence electrons. The predicted octanol–water partition coefficient (Wildman–Crippen LogP) is 4.58. The lowest BCUT2D eigenvalue weighted by atomic mass is 10.2. The van der Waals surface area contributed by atoms with E-state index in [1.807, 2.05) is 18.2 Å². The first kappa shape index (κ1) is 16.5. The van der Waals surface area contributed by atoms with Gasteiger partial charge in [-0.15, -0.1) is 11.8 Å². The number of carbonyl (C=O) groups excluding carboxylic acids is 1. The highest BCUT2D eigenvalue weighted by molar-refractivity contribution is 7.98. The first-order valence-corrected chi connectivity index (χ1v) is 8.56. The number of nitrogens with zero attached hydrogens (tertiary/aromatic N) is 2. The number of benzene rings is 2. The van der Waals surface area contributed by atoms with Gasteiger partial charge >= 0.3 is 0 Å². The average Bonchev–Trinajstić information content (AvgIpc) is 2.99. The van der Waals surface area contributed by atoms with Gasteiger partial charge in [0.2, 0.25) is 5.89 Å². The highest BCUT2D eigenvalue weighted by Crippen LogP contribution is 2.26. The van der Waals surface area contributed by atoms with Crippen molar-refractivity contribution in [3.63, 3.8) is 0 Å². The number of carbonyl (C=O) groups is 1. The first-order valence-electron chi connectivity index (χ1n) is 7.20.